The number of nitrogens with one attached hydrogen (secondary N) is 1. The first kappa shape index (κ1) is 11.2. The summed E-state index contributed by atoms with van der Waals surface area (Å²) in [4.78, 5) is 0. The summed E-state index contributed by atoms with van der Waals surface area (Å²) in [7, 11) is 0. The van der Waals surface area contributed by atoms with Crippen molar-refractivity contribution in [1.82, 2.24) is 5.32 Å². The molecule has 0 aliphatic carbocycles. The van der Waals surface area contributed by atoms with E-state index in [1.54, 1.807) is 0 Å². The van der Waals surface area contributed by atoms with Crippen LogP contribution in [0.5, 0.6) is 0 Å². The molecule has 1 aromatic rings. The number of hydrogen-bond acceptors (Lipinski definition) is 3. The number of benzene rings is 1. The van der Waals surface area contributed by atoms with Crippen LogP contribution in [0.15, 0.2) is 30.3 Å². The number of hydrogen-bond donors (Lipinski definition) is 3. The van der Waals surface area contributed by atoms with E-state index in [0.717, 1.165) is 0 Å². The highest BCUT2D eigenvalue weighted by atomic mass is 16.3. The van der Waals surface area contributed by atoms with Crippen LogP contribution in [0.25, 0.3) is 0 Å². The predicted octanol–water partition coefficient (Wildman–Crippen LogP) is 0.690. The Morgan fingerprint density at radius 2 is 1.93 bits per heavy atom. The molecule has 1 aromatic carbocycles. The molecule has 0 amide bonds. The fourth-order valence-electron chi connectivity index (χ4n) is 1.24. The maximum atomic E-state index is 9.14. The van der Waals surface area contributed by atoms with Crippen molar-refractivity contribution in [3.05, 3.63) is 35.9 Å². The molecule has 0 aromatic heterocycles. The van der Waals surface area contributed by atoms with Crippen molar-refractivity contribution < 1.29 is 10.2 Å². The molecule has 0 spiro atoms. The van der Waals surface area contributed by atoms with Gasteiger partial charge in [0.1, 0.15) is 0 Å². The quantitative estimate of drug-likeness (QED) is 0.648. The van der Waals surface area contributed by atoms with Crippen molar-refractivity contribution in [2.45, 2.75) is 19.1 Å². The van der Waals surface area contributed by atoms with Crippen LogP contribution in [0.3, 0.4) is 0 Å². The van der Waals surface area contributed by atoms with Gasteiger partial charge in [0.25, 0.3) is 0 Å². The molecule has 3 N–H and O–H groups in total. The van der Waals surface area contributed by atoms with E-state index in [-0.39, 0.29) is 12.6 Å². The first-order valence-corrected chi connectivity index (χ1v) is 4.81. The highest BCUT2D eigenvalue weighted by Crippen LogP contribution is 2.10. The van der Waals surface area contributed by atoms with Crippen molar-refractivity contribution in [3.63, 3.8) is 0 Å². The molecule has 78 valence electrons. The fraction of sp³-hybridized carbons (Fsp3) is 0.455. The maximum Gasteiger partial charge on any atom is 0.0895 e. The van der Waals surface area contributed by atoms with Crippen LogP contribution in [-0.4, -0.2) is 29.5 Å². The van der Waals surface area contributed by atoms with Crippen LogP contribution in [0.4, 0.5) is 0 Å². The monoisotopic (exact) mass is 195 g/mol. The first-order valence-electron chi connectivity index (χ1n) is 4.81. The topological polar surface area (TPSA) is 52.5 Å². The molecular formula is C11H17NO2. The van der Waals surface area contributed by atoms with Gasteiger partial charge in [-0.15, -0.1) is 0 Å². The normalized spacial score (nSPS) is 15.1. The summed E-state index contributed by atoms with van der Waals surface area (Å²) < 4.78 is 0. The van der Waals surface area contributed by atoms with Gasteiger partial charge in [0, 0.05) is 12.6 Å². The van der Waals surface area contributed by atoms with Gasteiger partial charge in [-0.25, -0.2) is 0 Å². The lowest BCUT2D eigenvalue weighted by Crippen LogP contribution is -2.31. The minimum absolute atomic E-state index is 0.192. The minimum Gasteiger partial charge on any atom is -0.394 e. The van der Waals surface area contributed by atoms with Crippen molar-refractivity contribution in [2.75, 3.05) is 13.2 Å². The molecule has 1 rings (SSSR count). The first-order chi connectivity index (χ1) is 6.74. The molecule has 2 atom stereocenters. The van der Waals surface area contributed by atoms with Gasteiger partial charge in [-0.1, -0.05) is 30.3 Å². The van der Waals surface area contributed by atoms with Gasteiger partial charge in [0.05, 0.1) is 12.7 Å². The molecular weight excluding hydrogens is 178 g/mol. The highest BCUT2D eigenvalue weighted by Gasteiger charge is 2.06. The summed E-state index contributed by atoms with van der Waals surface area (Å²) in [6.45, 7) is 2.24. The number of aliphatic hydroxyl groups is 2. The smallest absolute Gasteiger partial charge is 0.0895 e. The zero-order chi connectivity index (χ0) is 10.4. The third-order valence-electron chi connectivity index (χ3n) is 2.17. The second-order valence-corrected chi connectivity index (χ2v) is 3.38. The van der Waals surface area contributed by atoms with Gasteiger partial charge < -0.3 is 15.5 Å². The molecule has 14 heavy (non-hydrogen) atoms. The van der Waals surface area contributed by atoms with Gasteiger partial charge in [-0.2, -0.15) is 0 Å². The van der Waals surface area contributed by atoms with E-state index >= 15 is 0 Å². The standard InChI is InChI=1S/C11H17NO2/c1-9(12-7-11(14)8-13)10-5-3-2-4-6-10/h2-6,9,11-14H,7-8H2,1H3. The van der Waals surface area contributed by atoms with Crippen LogP contribution in [0.1, 0.15) is 18.5 Å². The van der Waals surface area contributed by atoms with E-state index in [1.807, 2.05) is 37.3 Å². The third kappa shape index (κ3) is 3.46. The zero-order valence-corrected chi connectivity index (χ0v) is 8.35. The lowest BCUT2D eigenvalue weighted by Gasteiger charge is -2.16. The zero-order valence-electron chi connectivity index (χ0n) is 8.35. The summed E-state index contributed by atoms with van der Waals surface area (Å²) in [5, 5.41) is 20.9. The molecule has 0 saturated carbocycles. The van der Waals surface area contributed by atoms with E-state index in [1.165, 1.54) is 5.56 Å². The maximum absolute atomic E-state index is 9.14. The van der Waals surface area contributed by atoms with E-state index < -0.39 is 6.10 Å². The Morgan fingerprint density at radius 1 is 1.29 bits per heavy atom. The summed E-state index contributed by atoms with van der Waals surface area (Å²) in [5.41, 5.74) is 1.18. The van der Waals surface area contributed by atoms with Gasteiger partial charge in [-0.05, 0) is 12.5 Å². The Balaban J connectivity index is 2.39. The lowest BCUT2D eigenvalue weighted by molar-refractivity contribution is 0.0924. The van der Waals surface area contributed by atoms with Crippen LogP contribution in [-0.2, 0) is 0 Å². The van der Waals surface area contributed by atoms with Crippen LogP contribution in [0, 0.1) is 0 Å². The second kappa shape index (κ2) is 5.75. The molecule has 0 radical (unpaired) electrons. The summed E-state index contributed by atoms with van der Waals surface area (Å²) in [6.07, 6.45) is -0.679. The predicted molar refractivity (Wildman–Crippen MR) is 56.0 cm³/mol. The Morgan fingerprint density at radius 3 is 2.50 bits per heavy atom. The van der Waals surface area contributed by atoms with Crippen molar-refractivity contribution in [3.8, 4) is 0 Å². The summed E-state index contributed by atoms with van der Waals surface area (Å²) in [5.74, 6) is 0. The van der Waals surface area contributed by atoms with Gasteiger partial charge in [0.2, 0.25) is 0 Å². The van der Waals surface area contributed by atoms with Crippen molar-refractivity contribution in [1.29, 1.82) is 0 Å². The van der Waals surface area contributed by atoms with Gasteiger partial charge in [-0.3, -0.25) is 0 Å². The minimum atomic E-state index is -0.679. The highest BCUT2D eigenvalue weighted by molar-refractivity contribution is 5.17. The summed E-state index contributed by atoms with van der Waals surface area (Å²) >= 11 is 0. The van der Waals surface area contributed by atoms with Crippen LogP contribution in [0.2, 0.25) is 0 Å². The van der Waals surface area contributed by atoms with E-state index in [9.17, 15) is 0 Å². The molecule has 3 nitrogen and oxygen atoms in total. The number of aliphatic hydroxyl groups excluding tert-OH is 2. The molecule has 0 heterocycles. The Hall–Kier alpha value is -0.900. The Kier molecular flexibility index (Phi) is 4.59. The Labute approximate surface area is 84.4 Å². The van der Waals surface area contributed by atoms with E-state index in [0.29, 0.717) is 6.54 Å². The molecule has 0 aliphatic rings. The molecule has 0 fully saturated rings. The van der Waals surface area contributed by atoms with Crippen molar-refractivity contribution >= 4 is 0 Å². The summed E-state index contributed by atoms with van der Waals surface area (Å²) in [6, 6.07) is 10.2. The van der Waals surface area contributed by atoms with Crippen molar-refractivity contribution in [2.24, 2.45) is 0 Å². The largest absolute Gasteiger partial charge is 0.394 e. The molecule has 0 aliphatic heterocycles. The second-order valence-electron chi connectivity index (χ2n) is 3.38. The lowest BCUT2D eigenvalue weighted by atomic mass is 10.1. The SMILES string of the molecule is CC(NCC(O)CO)c1ccccc1. The van der Waals surface area contributed by atoms with E-state index in [4.69, 9.17) is 10.2 Å². The number of rotatable bonds is 5. The Bertz CT molecular complexity index is 251. The molecule has 0 saturated heterocycles. The fourth-order valence-corrected chi connectivity index (χ4v) is 1.24. The van der Waals surface area contributed by atoms with Crippen LogP contribution < -0.4 is 5.32 Å². The molecule has 3 heteroatoms. The average Bonchev–Trinajstić information content (AvgIpc) is 2.26. The van der Waals surface area contributed by atoms with Crippen LogP contribution >= 0.6 is 0 Å². The molecule has 0 bridgehead atoms. The van der Waals surface area contributed by atoms with Gasteiger partial charge >= 0.3 is 0 Å². The van der Waals surface area contributed by atoms with Gasteiger partial charge in [0.15, 0.2) is 0 Å². The third-order valence-corrected chi connectivity index (χ3v) is 2.17. The average molecular weight is 195 g/mol. The van der Waals surface area contributed by atoms with E-state index in [2.05, 4.69) is 5.32 Å². The molecule has 2 unspecified atom stereocenters.